The molecule has 2 aromatic carbocycles. The fourth-order valence-electron chi connectivity index (χ4n) is 5.02. The lowest BCUT2D eigenvalue weighted by Crippen LogP contribution is -2.55. The minimum Gasteiger partial charge on any atom is -0.464 e. The van der Waals surface area contributed by atoms with Crippen LogP contribution in [-0.4, -0.2) is 63.3 Å². The van der Waals surface area contributed by atoms with E-state index in [1.54, 1.807) is 6.07 Å². The Bertz CT molecular complexity index is 1220. The topological polar surface area (TPSA) is 75.0 Å². The maximum atomic E-state index is 12.7. The third-order valence-corrected chi connectivity index (χ3v) is 6.70. The van der Waals surface area contributed by atoms with E-state index in [1.807, 2.05) is 45.0 Å². The van der Waals surface area contributed by atoms with E-state index in [0.717, 1.165) is 36.3 Å². The maximum absolute atomic E-state index is 12.7. The van der Waals surface area contributed by atoms with Crippen molar-refractivity contribution in [2.24, 2.45) is 5.41 Å². The van der Waals surface area contributed by atoms with Gasteiger partial charge in [0.2, 0.25) is 0 Å². The van der Waals surface area contributed by atoms with Gasteiger partial charge < -0.3 is 9.84 Å². The highest BCUT2D eigenvalue weighted by Crippen LogP contribution is 2.25. The predicted octanol–water partition coefficient (Wildman–Crippen LogP) is 5.47. The lowest BCUT2D eigenvalue weighted by molar-refractivity contribution is 0.0290. The summed E-state index contributed by atoms with van der Waals surface area (Å²) in [5.74, 6) is -0.623. The van der Waals surface area contributed by atoms with Crippen LogP contribution in [-0.2, 0) is 17.8 Å². The van der Waals surface area contributed by atoms with E-state index in [4.69, 9.17) is 4.74 Å². The standard InChI is InChI=1S/C29H37N3O4/c1-20-15-30(16-21(2)31(20)18-22-9-7-6-8-10-22)17-23-11-12-24-14-26(27(33)36-19-29(3,4)5)32(28(34)35)25(24)13-23/h6-14,20-21H,15-19H2,1-5H3,(H,34,35)/t20-,21+. The van der Waals surface area contributed by atoms with E-state index in [9.17, 15) is 14.7 Å². The minimum absolute atomic E-state index is 0.0377. The summed E-state index contributed by atoms with van der Waals surface area (Å²) in [6, 6.07) is 18.7. The number of rotatable bonds is 6. The van der Waals surface area contributed by atoms with Crippen molar-refractivity contribution in [2.75, 3.05) is 19.7 Å². The zero-order chi connectivity index (χ0) is 26.0. The summed E-state index contributed by atoms with van der Waals surface area (Å²) >= 11 is 0. The first kappa shape index (κ1) is 25.9. The van der Waals surface area contributed by atoms with Crippen LogP contribution in [0.15, 0.2) is 54.6 Å². The second-order valence-electron chi connectivity index (χ2n) is 11.2. The van der Waals surface area contributed by atoms with Gasteiger partial charge in [-0.1, -0.05) is 63.2 Å². The molecular weight excluding hydrogens is 454 g/mol. The Morgan fingerprint density at radius 3 is 2.22 bits per heavy atom. The highest BCUT2D eigenvalue weighted by molar-refractivity contribution is 6.01. The Kier molecular flexibility index (Phi) is 7.52. The van der Waals surface area contributed by atoms with E-state index in [0.29, 0.717) is 23.0 Å². The molecular formula is C29H37N3O4. The van der Waals surface area contributed by atoms with Crippen molar-refractivity contribution in [2.45, 2.75) is 59.8 Å². The van der Waals surface area contributed by atoms with Crippen LogP contribution in [0.3, 0.4) is 0 Å². The van der Waals surface area contributed by atoms with Crippen LogP contribution in [0, 0.1) is 5.41 Å². The van der Waals surface area contributed by atoms with Gasteiger partial charge in [-0.15, -0.1) is 0 Å². The van der Waals surface area contributed by atoms with Gasteiger partial charge in [0.15, 0.2) is 0 Å². The van der Waals surface area contributed by atoms with Gasteiger partial charge in [0, 0.05) is 43.6 Å². The highest BCUT2D eigenvalue weighted by atomic mass is 16.5. The second kappa shape index (κ2) is 10.4. The number of esters is 1. The molecule has 3 aromatic rings. The Morgan fingerprint density at radius 1 is 0.944 bits per heavy atom. The average Bonchev–Trinajstić information content (AvgIpc) is 3.19. The number of carbonyl (C=O) groups excluding carboxylic acids is 1. The molecule has 1 aliphatic heterocycles. The fourth-order valence-corrected chi connectivity index (χ4v) is 5.02. The van der Waals surface area contributed by atoms with E-state index in [2.05, 4.69) is 47.9 Å². The predicted molar refractivity (Wildman–Crippen MR) is 141 cm³/mol. The summed E-state index contributed by atoms with van der Waals surface area (Å²) in [4.78, 5) is 29.8. The van der Waals surface area contributed by atoms with Crippen molar-refractivity contribution in [3.8, 4) is 0 Å². The smallest absolute Gasteiger partial charge is 0.416 e. The molecule has 7 nitrogen and oxygen atoms in total. The summed E-state index contributed by atoms with van der Waals surface area (Å²) in [7, 11) is 0. The van der Waals surface area contributed by atoms with Crippen LogP contribution in [0.25, 0.3) is 10.9 Å². The number of nitrogens with zero attached hydrogens (tertiary/aromatic N) is 3. The molecule has 1 N–H and O–H groups in total. The summed E-state index contributed by atoms with van der Waals surface area (Å²) in [6.45, 7) is 14.1. The number of aromatic nitrogens is 1. The molecule has 0 spiro atoms. The third-order valence-electron chi connectivity index (χ3n) is 6.70. The van der Waals surface area contributed by atoms with Gasteiger partial charge in [-0.2, -0.15) is 0 Å². The van der Waals surface area contributed by atoms with E-state index >= 15 is 0 Å². The number of piperazine rings is 1. The molecule has 7 heteroatoms. The van der Waals surface area contributed by atoms with Crippen molar-refractivity contribution in [3.63, 3.8) is 0 Å². The van der Waals surface area contributed by atoms with Gasteiger partial charge in [0.05, 0.1) is 12.1 Å². The zero-order valence-corrected chi connectivity index (χ0v) is 21.9. The van der Waals surface area contributed by atoms with Crippen LogP contribution in [0.2, 0.25) is 0 Å². The molecule has 0 amide bonds. The lowest BCUT2D eigenvalue weighted by atomic mass is 9.99. The molecule has 2 atom stereocenters. The Hall–Kier alpha value is -3.16. The number of carboxylic acid groups (broad SMARTS) is 1. The summed E-state index contributed by atoms with van der Waals surface area (Å²) in [6.07, 6.45) is -1.19. The Balaban J connectivity index is 1.50. The zero-order valence-electron chi connectivity index (χ0n) is 21.9. The van der Waals surface area contributed by atoms with Crippen LogP contribution >= 0.6 is 0 Å². The van der Waals surface area contributed by atoms with E-state index < -0.39 is 12.1 Å². The number of benzene rings is 2. The van der Waals surface area contributed by atoms with Crippen LogP contribution in [0.4, 0.5) is 4.79 Å². The number of fused-ring (bicyclic) bond motifs is 1. The molecule has 0 radical (unpaired) electrons. The number of ether oxygens (including phenoxy) is 1. The van der Waals surface area contributed by atoms with Crippen LogP contribution < -0.4 is 0 Å². The van der Waals surface area contributed by atoms with Crippen molar-refractivity contribution in [3.05, 3.63) is 71.4 Å². The first-order chi connectivity index (χ1) is 17.0. The van der Waals surface area contributed by atoms with Gasteiger partial charge in [-0.25, -0.2) is 14.2 Å². The van der Waals surface area contributed by atoms with Gasteiger partial charge in [-0.05, 0) is 42.5 Å². The number of hydrogen-bond donors (Lipinski definition) is 1. The average molecular weight is 492 g/mol. The molecule has 0 saturated carbocycles. The molecule has 1 aliphatic rings. The SMILES string of the molecule is C[C@@H]1CN(Cc2ccc3cc(C(=O)OCC(C)(C)C)n(C(=O)O)c3c2)C[C@H](C)N1Cc1ccccc1. The fraction of sp³-hybridized carbons (Fsp3) is 0.448. The summed E-state index contributed by atoms with van der Waals surface area (Å²) < 4.78 is 6.45. The summed E-state index contributed by atoms with van der Waals surface area (Å²) in [5.41, 5.74) is 2.68. The van der Waals surface area contributed by atoms with Crippen molar-refractivity contribution >= 4 is 23.0 Å². The molecule has 0 bridgehead atoms. The molecule has 0 aliphatic carbocycles. The van der Waals surface area contributed by atoms with Gasteiger partial charge >= 0.3 is 12.1 Å². The van der Waals surface area contributed by atoms with E-state index in [1.165, 1.54) is 5.56 Å². The molecule has 192 valence electrons. The molecule has 1 fully saturated rings. The van der Waals surface area contributed by atoms with Crippen LogP contribution in [0.1, 0.15) is 56.2 Å². The number of carbonyl (C=O) groups is 2. The quantitative estimate of drug-likeness (QED) is 0.461. The molecule has 2 heterocycles. The number of hydrogen-bond acceptors (Lipinski definition) is 5. The normalized spacial score (nSPS) is 19.5. The second-order valence-corrected chi connectivity index (χ2v) is 11.2. The first-order valence-corrected chi connectivity index (χ1v) is 12.6. The van der Waals surface area contributed by atoms with Crippen LogP contribution in [0.5, 0.6) is 0 Å². The highest BCUT2D eigenvalue weighted by Gasteiger charge is 2.30. The van der Waals surface area contributed by atoms with Crippen molar-refractivity contribution in [1.82, 2.24) is 14.4 Å². The third kappa shape index (κ3) is 5.97. The summed E-state index contributed by atoms with van der Waals surface area (Å²) in [5, 5.41) is 10.6. The van der Waals surface area contributed by atoms with E-state index in [-0.39, 0.29) is 17.7 Å². The minimum atomic E-state index is -1.19. The van der Waals surface area contributed by atoms with Crippen molar-refractivity contribution < 1.29 is 19.4 Å². The molecule has 1 saturated heterocycles. The molecule has 0 unspecified atom stereocenters. The Labute approximate surface area is 213 Å². The monoisotopic (exact) mass is 491 g/mol. The van der Waals surface area contributed by atoms with Gasteiger partial charge in [-0.3, -0.25) is 9.80 Å². The van der Waals surface area contributed by atoms with Gasteiger partial charge in [0.25, 0.3) is 0 Å². The van der Waals surface area contributed by atoms with Gasteiger partial charge in [0.1, 0.15) is 5.69 Å². The van der Waals surface area contributed by atoms with Crippen molar-refractivity contribution in [1.29, 1.82) is 0 Å². The molecule has 4 rings (SSSR count). The molecule has 36 heavy (non-hydrogen) atoms. The molecule has 1 aromatic heterocycles. The Morgan fingerprint density at radius 2 is 1.61 bits per heavy atom. The largest absolute Gasteiger partial charge is 0.464 e. The first-order valence-electron chi connectivity index (χ1n) is 12.6. The lowest BCUT2D eigenvalue weighted by Gasteiger charge is -2.44. The maximum Gasteiger partial charge on any atom is 0.416 e.